The number of nitrogens with zero attached hydrogens (tertiary/aromatic N) is 5. The summed E-state index contributed by atoms with van der Waals surface area (Å²) in [5, 5.41) is 42.8. The van der Waals surface area contributed by atoms with Crippen molar-refractivity contribution in [2.75, 3.05) is 36.5 Å². The van der Waals surface area contributed by atoms with Crippen LogP contribution in [-0.4, -0.2) is 103 Å². The second kappa shape index (κ2) is 17.8. The van der Waals surface area contributed by atoms with Crippen molar-refractivity contribution < 1.29 is 44.0 Å². The number of rotatable bonds is 18. The van der Waals surface area contributed by atoms with E-state index in [1.807, 2.05) is 65.0 Å². The zero-order valence-corrected chi connectivity index (χ0v) is 38.7. The molecule has 4 heterocycles. The first-order valence-corrected chi connectivity index (χ1v) is 23.6. The van der Waals surface area contributed by atoms with Crippen LogP contribution in [0.2, 0.25) is 0 Å². The molecule has 4 aliphatic carbocycles. The third-order valence-corrected chi connectivity index (χ3v) is 15.2. The number of carboxylic acid groups (broad SMARTS) is 3. The van der Waals surface area contributed by atoms with Gasteiger partial charge in [-0.1, -0.05) is 49.4 Å². The number of hydrogen-bond donors (Lipinski definition) is 6. The molecule has 4 fully saturated rings. The molecular formula is C49H56N8O9S. The Morgan fingerprint density at radius 2 is 1.64 bits per heavy atom. The van der Waals surface area contributed by atoms with Gasteiger partial charge in [-0.2, -0.15) is 5.10 Å². The molecule has 18 heteroatoms. The van der Waals surface area contributed by atoms with Gasteiger partial charge < -0.3 is 35.6 Å². The largest absolute Gasteiger partial charge is 0.481 e. The summed E-state index contributed by atoms with van der Waals surface area (Å²) in [7, 11) is 0. The van der Waals surface area contributed by atoms with Gasteiger partial charge in [-0.3, -0.25) is 29.2 Å². The molecule has 5 aromatic rings. The van der Waals surface area contributed by atoms with Gasteiger partial charge in [-0.05, 0) is 110 Å². The summed E-state index contributed by atoms with van der Waals surface area (Å²) in [5.74, 6) is -3.64. The van der Waals surface area contributed by atoms with E-state index in [0.717, 1.165) is 65.6 Å². The molecule has 0 spiro atoms. The third-order valence-electron chi connectivity index (χ3n) is 14.2. The lowest BCUT2D eigenvalue weighted by Gasteiger charge is -2.69. The first-order chi connectivity index (χ1) is 31.9. The van der Waals surface area contributed by atoms with Crippen LogP contribution in [0.4, 0.5) is 10.9 Å². The van der Waals surface area contributed by atoms with Crippen LogP contribution in [0.5, 0.6) is 0 Å². The van der Waals surface area contributed by atoms with Gasteiger partial charge in [0.15, 0.2) is 10.8 Å². The van der Waals surface area contributed by atoms with Crippen LogP contribution in [0, 0.1) is 23.2 Å². The van der Waals surface area contributed by atoms with Crippen molar-refractivity contribution in [3.63, 3.8) is 0 Å². The molecule has 352 valence electrons. The van der Waals surface area contributed by atoms with Crippen molar-refractivity contribution in [1.82, 2.24) is 30.4 Å². The molecule has 1 aliphatic heterocycles. The number of thiazole rings is 1. The summed E-state index contributed by atoms with van der Waals surface area (Å²) in [6, 6.07) is 16.0. The number of amides is 2. The minimum Gasteiger partial charge on any atom is -0.481 e. The number of carbonyl (C=O) groups excluding carboxylic acids is 2. The Morgan fingerprint density at radius 1 is 0.866 bits per heavy atom. The average molecular weight is 933 g/mol. The Morgan fingerprint density at radius 3 is 2.37 bits per heavy atom. The molecule has 2 amide bonds. The number of hydrogen-bond acceptors (Lipinski definition) is 12. The zero-order chi connectivity index (χ0) is 47.3. The van der Waals surface area contributed by atoms with Crippen LogP contribution in [0.25, 0.3) is 21.3 Å². The van der Waals surface area contributed by atoms with Crippen LogP contribution < -0.4 is 20.9 Å². The van der Waals surface area contributed by atoms with Crippen molar-refractivity contribution >= 4 is 62.2 Å². The van der Waals surface area contributed by atoms with E-state index < -0.39 is 41.9 Å². The molecule has 10 rings (SSSR count). The molecule has 5 aliphatic rings. The number of fused-ring (bicyclic) bond motifs is 2. The lowest BCUT2D eigenvalue weighted by Crippen LogP contribution is -2.64. The monoisotopic (exact) mass is 932 g/mol. The van der Waals surface area contributed by atoms with Crippen molar-refractivity contribution in [1.29, 1.82) is 0 Å². The molecule has 3 atom stereocenters. The van der Waals surface area contributed by atoms with Gasteiger partial charge >= 0.3 is 17.9 Å². The lowest BCUT2D eigenvalue weighted by molar-refractivity contribution is -0.247. The van der Waals surface area contributed by atoms with E-state index in [2.05, 4.69) is 34.8 Å². The number of aliphatic carboxylic acids is 2. The maximum absolute atomic E-state index is 13.7. The number of aromatic nitrogens is 4. The van der Waals surface area contributed by atoms with Gasteiger partial charge in [0.05, 0.1) is 47.5 Å². The maximum atomic E-state index is 13.7. The molecular weight excluding hydrogens is 877 g/mol. The fourth-order valence-corrected chi connectivity index (χ4v) is 13.6. The summed E-state index contributed by atoms with van der Waals surface area (Å²) in [5.41, 5.74) is 4.66. The van der Waals surface area contributed by atoms with E-state index in [1.165, 1.54) is 11.3 Å². The highest BCUT2D eigenvalue weighted by atomic mass is 32.1. The number of benzene rings is 2. The number of ether oxygens (including phenoxy) is 1. The third kappa shape index (κ3) is 9.51. The molecule has 4 saturated carbocycles. The summed E-state index contributed by atoms with van der Waals surface area (Å²) < 4.78 is 9.77. The van der Waals surface area contributed by atoms with Gasteiger partial charge in [0.25, 0.3) is 5.91 Å². The summed E-state index contributed by atoms with van der Waals surface area (Å²) in [6.07, 6.45) is 7.30. The average Bonchev–Trinajstić information content (AvgIpc) is 3.83. The van der Waals surface area contributed by atoms with Gasteiger partial charge in [0.2, 0.25) is 5.91 Å². The summed E-state index contributed by atoms with van der Waals surface area (Å²) in [6.45, 7) is 8.62. The van der Waals surface area contributed by atoms with Crippen molar-refractivity contribution in [3.05, 3.63) is 88.9 Å². The Balaban J connectivity index is 0.891. The number of nitrogens with one attached hydrogen (secondary N) is 3. The number of anilines is 2. The highest BCUT2D eigenvalue weighted by Gasteiger charge is 2.66. The summed E-state index contributed by atoms with van der Waals surface area (Å²) >= 11 is 1.42. The number of para-hydroxylation sites is 1. The topological polar surface area (TPSA) is 238 Å². The second-order valence-corrected chi connectivity index (χ2v) is 21.0. The fraction of sp³-hybridized carbons (Fsp3) is 0.469. The lowest BCUT2D eigenvalue weighted by atomic mass is 9.39. The van der Waals surface area contributed by atoms with Crippen LogP contribution in [0.1, 0.15) is 103 Å². The number of aromatic carboxylic acids is 1. The highest BCUT2D eigenvalue weighted by Crippen LogP contribution is 2.72. The zero-order valence-electron chi connectivity index (χ0n) is 37.9. The van der Waals surface area contributed by atoms with Crippen LogP contribution in [0.3, 0.4) is 0 Å². The van der Waals surface area contributed by atoms with Crippen molar-refractivity contribution in [2.24, 2.45) is 16.2 Å². The predicted octanol–water partition coefficient (Wildman–Crippen LogP) is 6.54. The quantitative estimate of drug-likeness (QED) is 0.0512. The van der Waals surface area contributed by atoms with Crippen LogP contribution in [0.15, 0.2) is 60.8 Å². The number of carboxylic acids is 3. The molecule has 0 saturated heterocycles. The molecule has 6 N–H and O–H groups in total. The van der Waals surface area contributed by atoms with E-state index in [1.54, 1.807) is 12.3 Å². The normalized spacial score (nSPS) is 24.3. The first kappa shape index (κ1) is 45.9. The van der Waals surface area contributed by atoms with E-state index >= 15 is 0 Å². The molecule has 17 nitrogen and oxygen atoms in total. The Kier molecular flexibility index (Phi) is 12.2. The second-order valence-electron chi connectivity index (χ2n) is 20.0. The first-order valence-electron chi connectivity index (χ1n) is 22.8. The SMILES string of the molecule is Cc1c(-c2ccc(N3CCc4cccc(C(=O)Nc5nc6ccccc6s5)c4C3)nc2C(=O)O)cnn1CC12CC3(C)CC(C)(C1)CC(OCCNC(=O)[C@H](CC(=O)O)NCCC(=O)O)(C3)C2. The predicted molar refractivity (Wildman–Crippen MR) is 250 cm³/mol. The minimum atomic E-state index is -1.17. The van der Waals surface area contributed by atoms with E-state index in [-0.39, 0.29) is 54.0 Å². The van der Waals surface area contributed by atoms with Crippen molar-refractivity contribution in [3.8, 4) is 11.1 Å². The van der Waals surface area contributed by atoms with Gasteiger partial charge in [-0.15, -0.1) is 0 Å². The standard InChI is InChI=1S/C49H56N8O9S/c1-29-33(31-11-12-38(54-41(31)44(64)65)56-17-14-30-7-6-8-32(34(30)21-56)42(62)55-45-53-35-9-4-5-10-37(35)67-45)20-52-57(29)28-48-23-46(2)22-47(3,24-48)26-49(25-46,27-48)66-18-16-51-43(63)36(19-40(60)61)50-15-13-39(58)59/h4-12,20,36,50H,13-19,21-28H2,1-3H3,(H,51,63)(H,58,59)(H,60,61)(H,64,65)(H,53,55,62)/t36-,46?,47?,48?,49?/m0/s1. The molecule has 3 aromatic heterocycles. The minimum absolute atomic E-state index is 0.0173. The Bertz CT molecular complexity index is 2740. The Hall–Kier alpha value is -6.24. The van der Waals surface area contributed by atoms with Crippen molar-refractivity contribution in [2.45, 2.75) is 103 Å². The highest BCUT2D eigenvalue weighted by molar-refractivity contribution is 7.22. The molecule has 2 unspecified atom stereocenters. The Labute approximate surface area is 391 Å². The molecule has 2 aromatic carbocycles. The van der Waals surface area contributed by atoms with Crippen LogP contribution in [-0.2, 0) is 38.6 Å². The molecule has 4 bridgehead atoms. The van der Waals surface area contributed by atoms with Gasteiger partial charge in [-0.25, -0.2) is 14.8 Å². The molecule has 0 radical (unpaired) electrons. The number of carbonyl (C=O) groups is 5. The smallest absolute Gasteiger partial charge is 0.355 e. The molecule has 67 heavy (non-hydrogen) atoms. The van der Waals surface area contributed by atoms with E-state index in [4.69, 9.17) is 19.9 Å². The maximum Gasteiger partial charge on any atom is 0.355 e. The van der Waals surface area contributed by atoms with E-state index in [0.29, 0.717) is 53.7 Å². The van der Waals surface area contributed by atoms with Gasteiger partial charge in [0, 0.05) is 55.1 Å². The van der Waals surface area contributed by atoms with E-state index in [9.17, 15) is 34.2 Å². The fourth-order valence-electron chi connectivity index (χ4n) is 12.8. The summed E-state index contributed by atoms with van der Waals surface area (Å²) in [4.78, 5) is 73.3. The van der Waals surface area contributed by atoms with Crippen LogP contribution >= 0.6 is 11.3 Å². The van der Waals surface area contributed by atoms with Gasteiger partial charge in [0.1, 0.15) is 5.82 Å². The number of pyridine rings is 1.